The molecule has 98 valence electrons. The molecule has 19 heavy (non-hydrogen) atoms. The summed E-state index contributed by atoms with van der Waals surface area (Å²) in [5.41, 5.74) is 1.81. The molecule has 0 unspecified atom stereocenters. The molecule has 1 amide bonds. The fourth-order valence-corrected chi connectivity index (χ4v) is 2.06. The maximum absolute atomic E-state index is 11.9. The zero-order chi connectivity index (χ0) is 13.5. The zero-order valence-electron chi connectivity index (χ0n) is 10.6. The van der Waals surface area contributed by atoms with Crippen LogP contribution in [0.2, 0.25) is 0 Å². The van der Waals surface area contributed by atoms with E-state index in [0.717, 1.165) is 12.8 Å². The summed E-state index contributed by atoms with van der Waals surface area (Å²) in [4.78, 5) is 14.7. The molecule has 0 saturated heterocycles. The number of amides is 1. The normalized spacial score (nSPS) is 10.1. The molecule has 0 atom stereocenters. The van der Waals surface area contributed by atoms with Gasteiger partial charge in [-0.1, -0.05) is 42.5 Å². The zero-order valence-corrected chi connectivity index (χ0v) is 11.4. The number of nitrogens with one attached hydrogen (secondary N) is 2. The number of aryl methyl sites for hydroxylation is 1. The largest absolute Gasteiger partial charge is 0.352 e. The number of hydrogen-bond acceptors (Lipinski definition) is 2. The topological polar surface area (TPSA) is 44.9 Å². The Hall–Kier alpha value is -1.94. The first kappa shape index (κ1) is 13.5. The minimum atomic E-state index is -0.116. The van der Waals surface area contributed by atoms with E-state index in [1.165, 1.54) is 5.56 Å². The first-order valence-electron chi connectivity index (χ1n) is 6.27. The minimum Gasteiger partial charge on any atom is -0.352 e. The van der Waals surface area contributed by atoms with Crippen molar-refractivity contribution in [3.8, 4) is 0 Å². The lowest BCUT2D eigenvalue weighted by Gasteiger charge is -2.05. The third-order valence-corrected chi connectivity index (χ3v) is 3.17. The molecule has 0 radical (unpaired) electrons. The van der Waals surface area contributed by atoms with Gasteiger partial charge in [0.2, 0.25) is 0 Å². The van der Waals surface area contributed by atoms with E-state index < -0.39 is 0 Å². The highest BCUT2D eigenvalue weighted by Crippen LogP contribution is 2.02. The maximum Gasteiger partial charge on any atom is 0.254 e. The number of aromatic amines is 1. The molecule has 3 nitrogen and oxygen atoms in total. The first-order valence-corrected chi connectivity index (χ1v) is 6.68. The molecule has 2 aromatic rings. The van der Waals surface area contributed by atoms with Crippen LogP contribution in [0.3, 0.4) is 0 Å². The summed E-state index contributed by atoms with van der Waals surface area (Å²) in [6.07, 6.45) is 3.59. The van der Waals surface area contributed by atoms with Crippen LogP contribution in [0.25, 0.3) is 0 Å². The Bertz CT molecular complexity index is 592. The summed E-state index contributed by atoms with van der Waals surface area (Å²) in [5, 5.41) is 2.88. The molecule has 1 aromatic carbocycles. The van der Waals surface area contributed by atoms with Gasteiger partial charge in [0.25, 0.3) is 5.91 Å². The molecule has 1 heterocycles. The average molecular weight is 272 g/mol. The van der Waals surface area contributed by atoms with Gasteiger partial charge in [-0.15, -0.1) is 0 Å². The van der Waals surface area contributed by atoms with Crippen molar-refractivity contribution in [3.63, 3.8) is 0 Å². The second kappa shape index (κ2) is 6.85. The molecule has 0 bridgehead atoms. The van der Waals surface area contributed by atoms with E-state index in [2.05, 4.69) is 22.4 Å². The van der Waals surface area contributed by atoms with Crippen molar-refractivity contribution in [1.82, 2.24) is 10.3 Å². The van der Waals surface area contributed by atoms with Crippen LogP contribution in [-0.2, 0) is 6.42 Å². The van der Waals surface area contributed by atoms with E-state index in [0.29, 0.717) is 16.7 Å². The van der Waals surface area contributed by atoms with E-state index in [4.69, 9.17) is 12.2 Å². The van der Waals surface area contributed by atoms with Crippen molar-refractivity contribution in [2.45, 2.75) is 12.8 Å². The highest BCUT2D eigenvalue weighted by atomic mass is 32.1. The Balaban J connectivity index is 1.79. The molecule has 0 aliphatic heterocycles. The van der Waals surface area contributed by atoms with E-state index in [1.54, 1.807) is 18.3 Å². The number of rotatable bonds is 5. The van der Waals surface area contributed by atoms with Crippen LogP contribution < -0.4 is 5.32 Å². The van der Waals surface area contributed by atoms with Crippen molar-refractivity contribution in [3.05, 3.63) is 64.4 Å². The number of carbonyl (C=O) groups is 1. The SMILES string of the molecule is O=C(NCCCc1ccccc1)c1ccc[nH]c1=S. The lowest BCUT2D eigenvalue weighted by Crippen LogP contribution is -2.25. The lowest BCUT2D eigenvalue weighted by atomic mass is 10.1. The second-order valence-electron chi connectivity index (χ2n) is 4.26. The fourth-order valence-electron chi connectivity index (χ4n) is 1.83. The number of pyridine rings is 1. The van der Waals surface area contributed by atoms with E-state index in [9.17, 15) is 4.79 Å². The summed E-state index contributed by atoms with van der Waals surface area (Å²) >= 11 is 5.07. The smallest absolute Gasteiger partial charge is 0.254 e. The van der Waals surface area contributed by atoms with E-state index >= 15 is 0 Å². The molecule has 0 saturated carbocycles. The molecular formula is C15H16N2OS. The van der Waals surface area contributed by atoms with Gasteiger partial charge in [-0.2, -0.15) is 0 Å². The molecule has 1 aromatic heterocycles. The molecule has 0 fully saturated rings. The van der Waals surface area contributed by atoms with Gasteiger partial charge in [-0.25, -0.2) is 0 Å². The van der Waals surface area contributed by atoms with Gasteiger partial charge in [0.15, 0.2) is 0 Å². The van der Waals surface area contributed by atoms with Crippen molar-refractivity contribution in [1.29, 1.82) is 0 Å². The molecule has 0 spiro atoms. The standard InChI is InChI=1S/C15H16N2OS/c18-14(13-9-5-11-17-15(13)19)16-10-4-8-12-6-2-1-3-7-12/h1-3,5-7,9,11H,4,8,10H2,(H,16,18)(H,17,19). The van der Waals surface area contributed by atoms with E-state index in [1.807, 2.05) is 18.2 Å². The molecular weight excluding hydrogens is 256 g/mol. The van der Waals surface area contributed by atoms with Gasteiger partial charge in [0.05, 0.1) is 5.56 Å². The van der Waals surface area contributed by atoms with Crippen LogP contribution in [0.5, 0.6) is 0 Å². The Morgan fingerprint density at radius 3 is 2.68 bits per heavy atom. The molecule has 2 rings (SSSR count). The van der Waals surface area contributed by atoms with Gasteiger partial charge in [-0.05, 0) is 30.5 Å². The lowest BCUT2D eigenvalue weighted by molar-refractivity contribution is 0.0952. The number of aromatic nitrogens is 1. The van der Waals surface area contributed by atoms with Gasteiger partial charge < -0.3 is 10.3 Å². The van der Waals surface area contributed by atoms with Crippen LogP contribution in [0.15, 0.2) is 48.7 Å². The van der Waals surface area contributed by atoms with Crippen LogP contribution in [0.4, 0.5) is 0 Å². The van der Waals surface area contributed by atoms with Crippen LogP contribution in [0.1, 0.15) is 22.3 Å². The summed E-state index contributed by atoms with van der Waals surface area (Å²) in [6, 6.07) is 13.7. The quantitative estimate of drug-likeness (QED) is 0.649. The number of carbonyl (C=O) groups excluding carboxylic acids is 1. The average Bonchev–Trinajstić information content (AvgIpc) is 2.45. The number of benzene rings is 1. The minimum absolute atomic E-state index is 0.116. The van der Waals surface area contributed by atoms with Gasteiger partial charge >= 0.3 is 0 Å². The number of H-pyrrole nitrogens is 1. The molecule has 0 aliphatic rings. The maximum atomic E-state index is 11.9. The van der Waals surface area contributed by atoms with Crippen molar-refractivity contribution in [2.24, 2.45) is 0 Å². The molecule has 0 aliphatic carbocycles. The van der Waals surface area contributed by atoms with Crippen molar-refractivity contribution < 1.29 is 4.79 Å². The molecule has 2 N–H and O–H groups in total. The molecule has 4 heteroatoms. The van der Waals surface area contributed by atoms with E-state index in [-0.39, 0.29) is 5.91 Å². The Labute approximate surface area is 117 Å². The Morgan fingerprint density at radius 1 is 1.16 bits per heavy atom. The fraction of sp³-hybridized carbons (Fsp3) is 0.200. The van der Waals surface area contributed by atoms with Crippen LogP contribution in [-0.4, -0.2) is 17.4 Å². The van der Waals surface area contributed by atoms with Crippen LogP contribution >= 0.6 is 12.2 Å². The summed E-state index contributed by atoms with van der Waals surface area (Å²) < 4.78 is 0.475. The third-order valence-electron chi connectivity index (χ3n) is 2.83. The summed E-state index contributed by atoms with van der Waals surface area (Å²) in [7, 11) is 0. The third kappa shape index (κ3) is 4.03. The van der Waals surface area contributed by atoms with Crippen molar-refractivity contribution >= 4 is 18.1 Å². The monoisotopic (exact) mass is 272 g/mol. The first-order chi connectivity index (χ1) is 9.27. The highest BCUT2D eigenvalue weighted by Gasteiger charge is 2.05. The predicted octanol–water partition coefficient (Wildman–Crippen LogP) is 3.11. The van der Waals surface area contributed by atoms with Crippen molar-refractivity contribution in [2.75, 3.05) is 6.54 Å². The highest BCUT2D eigenvalue weighted by molar-refractivity contribution is 7.71. The van der Waals surface area contributed by atoms with Crippen LogP contribution in [0, 0.1) is 4.64 Å². The summed E-state index contributed by atoms with van der Waals surface area (Å²) in [5.74, 6) is -0.116. The Kier molecular flexibility index (Phi) is 4.86. The van der Waals surface area contributed by atoms with Gasteiger partial charge in [-0.3, -0.25) is 4.79 Å². The van der Waals surface area contributed by atoms with Gasteiger partial charge in [0.1, 0.15) is 4.64 Å². The summed E-state index contributed by atoms with van der Waals surface area (Å²) in [6.45, 7) is 0.650. The number of hydrogen-bond donors (Lipinski definition) is 2. The Morgan fingerprint density at radius 2 is 1.95 bits per heavy atom. The second-order valence-corrected chi connectivity index (χ2v) is 4.67. The van der Waals surface area contributed by atoms with Gasteiger partial charge in [0, 0.05) is 12.7 Å². The predicted molar refractivity (Wildman–Crippen MR) is 78.7 cm³/mol.